The maximum atomic E-state index is 5.50. The van der Waals surface area contributed by atoms with E-state index in [-0.39, 0.29) is 0 Å². The lowest BCUT2D eigenvalue weighted by atomic mass is 9.70. The van der Waals surface area contributed by atoms with Crippen molar-refractivity contribution in [1.82, 2.24) is 0 Å². The summed E-state index contributed by atoms with van der Waals surface area (Å²) in [6.45, 7) is 7.90. The van der Waals surface area contributed by atoms with Gasteiger partial charge in [-0.05, 0) is 43.6 Å². The summed E-state index contributed by atoms with van der Waals surface area (Å²) in [6, 6.07) is 0. The van der Waals surface area contributed by atoms with Gasteiger partial charge in [-0.2, -0.15) is 0 Å². The van der Waals surface area contributed by atoms with Gasteiger partial charge in [-0.15, -0.1) is 0 Å². The first-order valence-corrected chi connectivity index (χ1v) is 5.44. The van der Waals surface area contributed by atoms with E-state index in [1.807, 2.05) is 0 Å². The second kappa shape index (κ2) is 4.28. The fourth-order valence-electron chi connectivity index (χ4n) is 2.36. The van der Waals surface area contributed by atoms with Crippen LogP contribution in [0.3, 0.4) is 0 Å². The lowest BCUT2D eigenvalue weighted by Gasteiger charge is -2.35. The molecule has 1 saturated carbocycles. The highest BCUT2D eigenvalue weighted by Crippen LogP contribution is 2.41. The van der Waals surface area contributed by atoms with E-state index in [1.165, 1.54) is 19.3 Å². The lowest BCUT2D eigenvalue weighted by Crippen LogP contribution is -2.22. The fraction of sp³-hybridized carbons (Fsp3) is 0.833. The molecule has 0 aromatic heterocycles. The number of hydrogen-bond acceptors (Lipinski definition) is 1. The normalized spacial score (nSPS) is 30.8. The molecule has 13 heavy (non-hydrogen) atoms. The standard InChI is InChI=1S/C12H23N/c1-10-9-12(2,3)7-6-11(10)5-4-8-13/h5,10H,4,6-9,13H2,1-3H3. The summed E-state index contributed by atoms with van der Waals surface area (Å²) in [5, 5.41) is 0. The average molecular weight is 181 g/mol. The van der Waals surface area contributed by atoms with Crippen LogP contribution < -0.4 is 5.73 Å². The maximum absolute atomic E-state index is 5.50. The molecule has 0 aromatic rings. The molecule has 1 nitrogen and oxygen atoms in total. The van der Waals surface area contributed by atoms with Gasteiger partial charge in [-0.25, -0.2) is 0 Å². The number of rotatable bonds is 2. The number of nitrogens with two attached hydrogens (primary N) is 1. The summed E-state index contributed by atoms with van der Waals surface area (Å²) >= 11 is 0. The van der Waals surface area contributed by atoms with Crippen LogP contribution in [0.4, 0.5) is 0 Å². The van der Waals surface area contributed by atoms with Crippen LogP contribution in [0.15, 0.2) is 11.6 Å². The molecule has 1 heteroatoms. The molecule has 1 aliphatic rings. The van der Waals surface area contributed by atoms with E-state index in [0.29, 0.717) is 5.41 Å². The van der Waals surface area contributed by atoms with Gasteiger partial charge in [0, 0.05) is 0 Å². The Morgan fingerprint density at radius 2 is 2.23 bits per heavy atom. The molecule has 0 saturated heterocycles. The Balaban J connectivity index is 2.53. The Kier molecular flexibility index (Phi) is 3.55. The van der Waals surface area contributed by atoms with Crippen LogP contribution in [0.2, 0.25) is 0 Å². The molecular formula is C12H23N. The van der Waals surface area contributed by atoms with Crippen molar-refractivity contribution in [3.05, 3.63) is 11.6 Å². The van der Waals surface area contributed by atoms with Gasteiger partial charge in [0.25, 0.3) is 0 Å². The van der Waals surface area contributed by atoms with Crippen molar-refractivity contribution in [2.75, 3.05) is 6.54 Å². The summed E-state index contributed by atoms with van der Waals surface area (Å²) in [5.74, 6) is 0.773. The molecule has 0 heterocycles. The van der Waals surface area contributed by atoms with Crippen LogP contribution in [-0.2, 0) is 0 Å². The van der Waals surface area contributed by atoms with Gasteiger partial charge in [-0.1, -0.05) is 32.4 Å². The predicted octanol–water partition coefficient (Wildman–Crippen LogP) is 3.11. The molecule has 0 amide bonds. The maximum Gasteiger partial charge on any atom is -0.00425 e. The van der Waals surface area contributed by atoms with Crippen LogP contribution in [0, 0.1) is 11.3 Å². The van der Waals surface area contributed by atoms with Gasteiger partial charge in [0.15, 0.2) is 0 Å². The minimum atomic E-state index is 0.555. The van der Waals surface area contributed by atoms with Gasteiger partial charge >= 0.3 is 0 Å². The highest BCUT2D eigenvalue weighted by molar-refractivity contribution is 5.10. The zero-order valence-corrected chi connectivity index (χ0v) is 9.27. The van der Waals surface area contributed by atoms with Crippen LogP contribution in [0.5, 0.6) is 0 Å². The fourth-order valence-corrected chi connectivity index (χ4v) is 2.36. The Labute approximate surface area is 82.4 Å². The van der Waals surface area contributed by atoms with Crippen molar-refractivity contribution >= 4 is 0 Å². The Hall–Kier alpha value is -0.300. The second-order valence-electron chi connectivity index (χ2n) is 5.13. The molecule has 1 unspecified atom stereocenters. The summed E-state index contributed by atoms with van der Waals surface area (Å²) in [4.78, 5) is 0. The average Bonchev–Trinajstić information content (AvgIpc) is 2.02. The van der Waals surface area contributed by atoms with Gasteiger partial charge in [-0.3, -0.25) is 0 Å². The third-order valence-corrected chi connectivity index (χ3v) is 3.16. The van der Waals surface area contributed by atoms with Crippen molar-refractivity contribution in [2.45, 2.75) is 46.5 Å². The molecule has 0 aromatic carbocycles. The Morgan fingerprint density at radius 3 is 2.77 bits per heavy atom. The third-order valence-electron chi connectivity index (χ3n) is 3.16. The van der Waals surface area contributed by atoms with Crippen LogP contribution >= 0.6 is 0 Å². The van der Waals surface area contributed by atoms with Crippen LogP contribution in [0.1, 0.15) is 46.5 Å². The predicted molar refractivity (Wildman–Crippen MR) is 58.6 cm³/mol. The zero-order chi connectivity index (χ0) is 9.90. The van der Waals surface area contributed by atoms with E-state index < -0.39 is 0 Å². The van der Waals surface area contributed by atoms with Gasteiger partial charge in [0.05, 0.1) is 0 Å². The monoisotopic (exact) mass is 181 g/mol. The quantitative estimate of drug-likeness (QED) is 0.651. The van der Waals surface area contributed by atoms with Gasteiger partial charge in [0.2, 0.25) is 0 Å². The first-order valence-electron chi connectivity index (χ1n) is 5.44. The molecule has 0 radical (unpaired) electrons. The molecule has 1 atom stereocenters. The van der Waals surface area contributed by atoms with E-state index in [1.54, 1.807) is 5.57 Å². The number of hydrogen-bond donors (Lipinski definition) is 1. The Morgan fingerprint density at radius 1 is 1.54 bits per heavy atom. The molecule has 0 bridgehead atoms. The van der Waals surface area contributed by atoms with Crippen molar-refractivity contribution in [3.8, 4) is 0 Å². The third kappa shape index (κ3) is 3.15. The van der Waals surface area contributed by atoms with E-state index in [2.05, 4.69) is 26.8 Å². The van der Waals surface area contributed by atoms with E-state index in [4.69, 9.17) is 5.73 Å². The van der Waals surface area contributed by atoms with Crippen molar-refractivity contribution < 1.29 is 0 Å². The SMILES string of the molecule is CC1CC(C)(C)CCC1=CCCN. The van der Waals surface area contributed by atoms with E-state index >= 15 is 0 Å². The zero-order valence-electron chi connectivity index (χ0n) is 9.27. The molecule has 76 valence electrons. The van der Waals surface area contributed by atoms with E-state index in [0.717, 1.165) is 18.9 Å². The smallest absolute Gasteiger partial charge is 0.00425 e. The summed E-state index contributed by atoms with van der Waals surface area (Å²) < 4.78 is 0. The minimum Gasteiger partial charge on any atom is -0.330 e. The lowest BCUT2D eigenvalue weighted by molar-refractivity contribution is 0.235. The molecule has 0 aliphatic heterocycles. The summed E-state index contributed by atoms with van der Waals surface area (Å²) in [6.07, 6.45) is 7.38. The van der Waals surface area contributed by atoms with Crippen molar-refractivity contribution in [1.29, 1.82) is 0 Å². The first-order chi connectivity index (χ1) is 6.05. The largest absolute Gasteiger partial charge is 0.330 e. The molecule has 2 N–H and O–H groups in total. The highest BCUT2D eigenvalue weighted by Gasteiger charge is 2.27. The minimum absolute atomic E-state index is 0.555. The topological polar surface area (TPSA) is 26.0 Å². The highest BCUT2D eigenvalue weighted by atomic mass is 14.5. The van der Waals surface area contributed by atoms with Crippen LogP contribution in [0.25, 0.3) is 0 Å². The first kappa shape index (κ1) is 10.8. The van der Waals surface area contributed by atoms with Crippen molar-refractivity contribution in [3.63, 3.8) is 0 Å². The molecule has 0 spiro atoms. The van der Waals surface area contributed by atoms with Crippen molar-refractivity contribution in [2.24, 2.45) is 17.1 Å². The Bertz CT molecular complexity index is 191. The van der Waals surface area contributed by atoms with Gasteiger partial charge in [0.1, 0.15) is 0 Å². The van der Waals surface area contributed by atoms with E-state index in [9.17, 15) is 0 Å². The molecular weight excluding hydrogens is 158 g/mol. The second-order valence-corrected chi connectivity index (χ2v) is 5.13. The molecule has 1 rings (SSSR count). The molecule has 1 aliphatic carbocycles. The van der Waals surface area contributed by atoms with Crippen LogP contribution in [-0.4, -0.2) is 6.54 Å². The summed E-state index contributed by atoms with van der Waals surface area (Å²) in [7, 11) is 0. The molecule has 1 fully saturated rings. The number of allylic oxidation sites excluding steroid dienone is 1. The summed E-state index contributed by atoms with van der Waals surface area (Å²) in [5.41, 5.74) is 7.70. The van der Waals surface area contributed by atoms with Gasteiger partial charge < -0.3 is 5.73 Å².